The Morgan fingerprint density at radius 3 is 2.76 bits per heavy atom. The predicted molar refractivity (Wildman–Crippen MR) is 111 cm³/mol. The van der Waals surface area contributed by atoms with Crippen LogP contribution in [-0.4, -0.2) is 33.6 Å². The van der Waals surface area contributed by atoms with E-state index in [1.807, 2.05) is 17.5 Å². The second-order valence-electron chi connectivity index (χ2n) is 5.44. The molecular weight excluding hydrogens is 436 g/mol. The fourth-order valence-corrected chi connectivity index (χ4v) is 4.72. The minimum absolute atomic E-state index is 0.0507. The molecule has 0 unspecified atom stereocenters. The Morgan fingerprint density at radius 2 is 2.07 bits per heavy atom. The molecule has 0 spiro atoms. The number of nitro groups is 1. The first-order valence-corrected chi connectivity index (χ1v) is 10.9. The Labute approximate surface area is 177 Å². The Balaban J connectivity index is 1.72. The van der Waals surface area contributed by atoms with E-state index in [1.165, 1.54) is 34.0 Å². The molecule has 3 aromatic rings. The maximum atomic E-state index is 12.5. The summed E-state index contributed by atoms with van der Waals surface area (Å²) in [5.74, 6) is -0.632. The highest BCUT2D eigenvalue weighted by Gasteiger charge is 2.19. The van der Waals surface area contributed by atoms with Crippen molar-refractivity contribution in [2.24, 2.45) is 0 Å². The van der Waals surface area contributed by atoms with Gasteiger partial charge in [-0.25, -0.2) is 4.79 Å². The van der Waals surface area contributed by atoms with Crippen molar-refractivity contribution in [3.8, 4) is 0 Å². The summed E-state index contributed by atoms with van der Waals surface area (Å²) in [6.07, 6.45) is 0. The van der Waals surface area contributed by atoms with E-state index in [9.17, 15) is 19.7 Å². The van der Waals surface area contributed by atoms with Gasteiger partial charge in [-0.05, 0) is 24.4 Å². The fraction of sp³-hybridized carbons (Fsp3) is 0.176. The Hall–Kier alpha value is -2.83. The smallest absolute Gasteiger partial charge is 0.338 e. The van der Waals surface area contributed by atoms with Crippen molar-refractivity contribution in [1.29, 1.82) is 0 Å². The van der Waals surface area contributed by atoms with Gasteiger partial charge in [0.2, 0.25) is 5.13 Å². The number of esters is 1. The molecule has 12 heteroatoms. The molecule has 2 aromatic heterocycles. The van der Waals surface area contributed by atoms with Crippen molar-refractivity contribution >= 4 is 57.1 Å². The quantitative estimate of drug-likeness (QED) is 0.178. The third kappa shape index (κ3) is 5.59. The van der Waals surface area contributed by atoms with Crippen LogP contribution in [0.15, 0.2) is 40.1 Å². The van der Waals surface area contributed by atoms with Crippen molar-refractivity contribution in [3.05, 3.63) is 61.8 Å². The Morgan fingerprint density at radius 1 is 1.28 bits per heavy atom. The summed E-state index contributed by atoms with van der Waals surface area (Å²) in [6.45, 7) is 1.73. The van der Waals surface area contributed by atoms with Crippen LogP contribution in [0.5, 0.6) is 0 Å². The summed E-state index contributed by atoms with van der Waals surface area (Å²) in [7, 11) is 0. The number of rotatable bonds is 8. The van der Waals surface area contributed by atoms with Crippen molar-refractivity contribution in [2.75, 3.05) is 11.9 Å². The van der Waals surface area contributed by atoms with E-state index in [1.54, 1.807) is 18.3 Å². The zero-order valence-corrected chi connectivity index (χ0v) is 17.4. The fourth-order valence-electron chi connectivity index (χ4n) is 2.20. The number of aromatic nitrogens is 2. The van der Waals surface area contributed by atoms with Crippen LogP contribution in [-0.2, 0) is 10.5 Å². The first-order valence-electron chi connectivity index (χ1n) is 8.23. The van der Waals surface area contributed by atoms with E-state index >= 15 is 0 Å². The number of hydrogen-bond acceptors (Lipinski definition) is 10. The molecule has 3 rings (SSSR count). The number of hydrogen-bond donors (Lipinski definition) is 1. The summed E-state index contributed by atoms with van der Waals surface area (Å²) in [5, 5.41) is 23.9. The molecule has 29 heavy (non-hydrogen) atoms. The second kappa shape index (κ2) is 9.58. The summed E-state index contributed by atoms with van der Waals surface area (Å²) in [5.41, 5.74) is -0.508. The highest BCUT2D eigenvalue weighted by atomic mass is 32.2. The van der Waals surface area contributed by atoms with E-state index < -0.39 is 16.8 Å². The molecule has 1 N–H and O–H groups in total. The zero-order chi connectivity index (χ0) is 20.8. The van der Waals surface area contributed by atoms with Crippen molar-refractivity contribution in [1.82, 2.24) is 10.2 Å². The largest absolute Gasteiger partial charge is 0.462 e. The normalized spacial score (nSPS) is 10.5. The second-order valence-corrected chi connectivity index (χ2v) is 8.67. The highest BCUT2D eigenvalue weighted by molar-refractivity contribution is 8.00. The molecule has 0 aliphatic heterocycles. The van der Waals surface area contributed by atoms with Gasteiger partial charge in [0.05, 0.1) is 17.1 Å². The number of benzene rings is 1. The topological polar surface area (TPSA) is 124 Å². The van der Waals surface area contributed by atoms with Crippen LogP contribution in [0.1, 0.15) is 32.5 Å². The van der Waals surface area contributed by atoms with Gasteiger partial charge in [0, 0.05) is 28.3 Å². The molecule has 0 saturated carbocycles. The number of nitro benzene ring substituents is 1. The average Bonchev–Trinajstić information content (AvgIpc) is 3.38. The standard InChI is InChI=1S/C17H14N4O5S3/c1-2-26-15(23)11-6-10(7-12(8-11)21(24)25)14(22)18-16-19-20-17(29-16)28-9-13-4-3-5-27-13/h3-8H,2,9H2,1H3,(H,18,19,22). The lowest BCUT2D eigenvalue weighted by Gasteiger charge is -2.05. The van der Waals surface area contributed by atoms with E-state index in [0.717, 1.165) is 17.9 Å². The van der Waals surface area contributed by atoms with Crippen LogP contribution in [0.2, 0.25) is 0 Å². The van der Waals surface area contributed by atoms with Crippen molar-refractivity contribution in [2.45, 2.75) is 17.0 Å². The van der Waals surface area contributed by atoms with Crippen LogP contribution in [0.25, 0.3) is 0 Å². The lowest BCUT2D eigenvalue weighted by Crippen LogP contribution is -2.14. The summed E-state index contributed by atoms with van der Waals surface area (Å²) in [6, 6.07) is 7.39. The molecular formula is C17H14N4O5S3. The number of thiophene rings is 1. The third-order valence-electron chi connectivity index (χ3n) is 3.45. The molecule has 0 fully saturated rings. The van der Waals surface area contributed by atoms with Gasteiger partial charge in [-0.3, -0.25) is 20.2 Å². The monoisotopic (exact) mass is 450 g/mol. The minimum Gasteiger partial charge on any atom is -0.462 e. The molecule has 2 heterocycles. The number of nitrogens with one attached hydrogen (secondary N) is 1. The number of nitrogens with zero attached hydrogens (tertiary/aromatic N) is 3. The maximum absolute atomic E-state index is 12.5. The lowest BCUT2D eigenvalue weighted by atomic mass is 10.1. The molecule has 1 amide bonds. The number of ether oxygens (including phenoxy) is 1. The van der Waals surface area contributed by atoms with Gasteiger partial charge in [-0.1, -0.05) is 29.2 Å². The van der Waals surface area contributed by atoms with Gasteiger partial charge >= 0.3 is 5.97 Å². The third-order valence-corrected chi connectivity index (χ3v) is 6.53. The number of carbonyl (C=O) groups excluding carboxylic acids is 2. The van der Waals surface area contributed by atoms with Crippen LogP contribution < -0.4 is 5.32 Å². The summed E-state index contributed by atoms with van der Waals surface area (Å²) < 4.78 is 5.54. The lowest BCUT2D eigenvalue weighted by molar-refractivity contribution is -0.384. The first-order chi connectivity index (χ1) is 14.0. The van der Waals surface area contributed by atoms with E-state index in [0.29, 0.717) is 4.34 Å². The number of thioether (sulfide) groups is 1. The van der Waals surface area contributed by atoms with Crippen LogP contribution in [0, 0.1) is 10.1 Å². The van der Waals surface area contributed by atoms with E-state index in [4.69, 9.17) is 4.74 Å². The van der Waals surface area contributed by atoms with Gasteiger partial charge < -0.3 is 4.74 Å². The average molecular weight is 451 g/mol. The van der Waals surface area contributed by atoms with Crippen molar-refractivity contribution < 1.29 is 19.2 Å². The highest BCUT2D eigenvalue weighted by Crippen LogP contribution is 2.30. The van der Waals surface area contributed by atoms with Gasteiger partial charge in [-0.15, -0.1) is 21.5 Å². The van der Waals surface area contributed by atoms with E-state index in [2.05, 4.69) is 15.5 Å². The number of amides is 1. The number of carbonyl (C=O) groups is 2. The molecule has 0 bridgehead atoms. The first kappa shape index (κ1) is 20.9. The molecule has 0 aliphatic rings. The molecule has 0 aliphatic carbocycles. The van der Waals surface area contributed by atoms with E-state index in [-0.39, 0.29) is 28.6 Å². The van der Waals surface area contributed by atoms with Crippen molar-refractivity contribution in [3.63, 3.8) is 0 Å². The summed E-state index contributed by atoms with van der Waals surface area (Å²) in [4.78, 5) is 36.1. The summed E-state index contributed by atoms with van der Waals surface area (Å²) >= 11 is 4.33. The Kier molecular flexibility index (Phi) is 6.90. The number of non-ortho nitro benzene ring substituents is 1. The van der Waals surface area contributed by atoms with Gasteiger partial charge in [0.1, 0.15) is 0 Å². The molecule has 150 valence electrons. The van der Waals surface area contributed by atoms with Crippen LogP contribution in [0.4, 0.5) is 10.8 Å². The molecule has 0 saturated heterocycles. The maximum Gasteiger partial charge on any atom is 0.338 e. The minimum atomic E-state index is -0.742. The Bertz CT molecular complexity index is 1040. The van der Waals surface area contributed by atoms with Gasteiger partial charge in [-0.2, -0.15) is 0 Å². The zero-order valence-electron chi connectivity index (χ0n) is 15.0. The number of anilines is 1. The molecule has 9 nitrogen and oxygen atoms in total. The van der Waals surface area contributed by atoms with Gasteiger partial charge in [0.25, 0.3) is 11.6 Å². The molecule has 1 aromatic carbocycles. The predicted octanol–water partition coefficient (Wildman–Crippen LogP) is 4.23. The molecule has 0 atom stereocenters. The van der Waals surface area contributed by atoms with Crippen LogP contribution >= 0.6 is 34.4 Å². The SMILES string of the molecule is CCOC(=O)c1cc(C(=O)Nc2nnc(SCc3cccs3)s2)cc([N+](=O)[O-])c1. The van der Waals surface area contributed by atoms with Gasteiger partial charge in [0.15, 0.2) is 4.34 Å². The molecule has 0 radical (unpaired) electrons. The van der Waals surface area contributed by atoms with Crippen LogP contribution in [0.3, 0.4) is 0 Å².